The zero-order chi connectivity index (χ0) is 11.3. The number of rotatable bonds is 5. The molecule has 0 aliphatic rings. The maximum absolute atomic E-state index is 4.99. The molecule has 1 unspecified atom stereocenters. The number of hydrogen-bond acceptors (Lipinski definition) is 4. The van der Waals surface area contributed by atoms with Gasteiger partial charge in [0.15, 0.2) is 5.75 Å². The first-order valence-corrected chi connectivity index (χ1v) is 5.24. The van der Waals surface area contributed by atoms with Crippen molar-refractivity contribution in [3.8, 4) is 5.75 Å². The first-order valence-electron chi connectivity index (χ1n) is 5.24. The molecular weight excluding hydrogens is 190 g/mol. The lowest BCUT2D eigenvalue weighted by Crippen LogP contribution is -2.18. The third-order valence-corrected chi connectivity index (χ3v) is 2.06. The normalized spacial score (nSPS) is 12.6. The van der Waals surface area contributed by atoms with Crippen LogP contribution in [-0.2, 0) is 0 Å². The molecule has 4 nitrogen and oxygen atoms in total. The minimum absolute atomic E-state index is 0.387. The van der Waals surface area contributed by atoms with Crippen molar-refractivity contribution >= 4 is 5.95 Å². The summed E-state index contributed by atoms with van der Waals surface area (Å²) in [5.41, 5.74) is 0. The fourth-order valence-corrected chi connectivity index (χ4v) is 1.48. The summed E-state index contributed by atoms with van der Waals surface area (Å²) < 4.78 is 4.99. The Morgan fingerprint density at radius 2 is 1.87 bits per heavy atom. The van der Waals surface area contributed by atoms with Gasteiger partial charge in [-0.05, 0) is 19.3 Å². The number of ether oxygens (including phenoxy) is 1. The Balaban J connectivity index is 2.49. The molecule has 4 heteroatoms. The predicted molar refractivity (Wildman–Crippen MR) is 61.1 cm³/mol. The average molecular weight is 209 g/mol. The summed E-state index contributed by atoms with van der Waals surface area (Å²) in [7, 11) is 1.60. The summed E-state index contributed by atoms with van der Waals surface area (Å²) in [5.74, 6) is 2.01. The molecule has 0 saturated carbocycles. The second-order valence-corrected chi connectivity index (χ2v) is 4.12. The second kappa shape index (κ2) is 5.53. The van der Waals surface area contributed by atoms with Crippen molar-refractivity contribution in [2.24, 2.45) is 5.92 Å². The van der Waals surface area contributed by atoms with Gasteiger partial charge in [-0.15, -0.1) is 0 Å². The van der Waals surface area contributed by atoms with Crippen LogP contribution in [0.4, 0.5) is 5.95 Å². The largest absolute Gasteiger partial charge is 0.494 e. The summed E-state index contributed by atoms with van der Waals surface area (Å²) >= 11 is 0. The molecule has 0 aliphatic heterocycles. The van der Waals surface area contributed by atoms with Gasteiger partial charge in [0.1, 0.15) is 0 Å². The second-order valence-electron chi connectivity index (χ2n) is 4.12. The Hall–Kier alpha value is -1.32. The van der Waals surface area contributed by atoms with E-state index in [0.717, 1.165) is 6.42 Å². The van der Waals surface area contributed by atoms with E-state index in [1.807, 2.05) is 0 Å². The van der Waals surface area contributed by atoms with Crippen LogP contribution < -0.4 is 10.1 Å². The molecule has 1 aromatic heterocycles. The van der Waals surface area contributed by atoms with E-state index in [1.165, 1.54) is 0 Å². The Morgan fingerprint density at radius 3 is 2.33 bits per heavy atom. The molecule has 0 amide bonds. The van der Waals surface area contributed by atoms with Crippen molar-refractivity contribution in [2.45, 2.75) is 33.2 Å². The third-order valence-electron chi connectivity index (χ3n) is 2.06. The molecule has 0 aliphatic carbocycles. The Kier molecular flexibility index (Phi) is 4.34. The molecule has 0 spiro atoms. The topological polar surface area (TPSA) is 47.0 Å². The van der Waals surface area contributed by atoms with Gasteiger partial charge in [0.2, 0.25) is 5.95 Å². The van der Waals surface area contributed by atoms with Gasteiger partial charge in [-0.25, -0.2) is 9.97 Å². The molecule has 0 bridgehead atoms. The zero-order valence-electron chi connectivity index (χ0n) is 9.82. The van der Waals surface area contributed by atoms with Crippen molar-refractivity contribution in [1.82, 2.24) is 9.97 Å². The maximum atomic E-state index is 4.99. The van der Waals surface area contributed by atoms with Crippen LogP contribution in [0.25, 0.3) is 0 Å². The maximum Gasteiger partial charge on any atom is 0.223 e. The fraction of sp³-hybridized carbons (Fsp3) is 0.636. The summed E-state index contributed by atoms with van der Waals surface area (Å²) in [6, 6.07) is 0.387. The molecule has 1 aromatic rings. The van der Waals surface area contributed by atoms with E-state index in [1.54, 1.807) is 19.5 Å². The number of nitrogens with zero attached hydrogens (tertiary/aromatic N) is 2. The molecule has 0 saturated heterocycles. The summed E-state index contributed by atoms with van der Waals surface area (Å²) in [5, 5.41) is 3.25. The van der Waals surface area contributed by atoms with Crippen LogP contribution in [0.2, 0.25) is 0 Å². The van der Waals surface area contributed by atoms with E-state index >= 15 is 0 Å². The Labute approximate surface area is 91.1 Å². The summed E-state index contributed by atoms with van der Waals surface area (Å²) in [6.45, 7) is 6.54. The fourth-order valence-electron chi connectivity index (χ4n) is 1.48. The van der Waals surface area contributed by atoms with E-state index in [0.29, 0.717) is 23.7 Å². The van der Waals surface area contributed by atoms with Crippen molar-refractivity contribution < 1.29 is 4.74 Å². The number of aromatic nitrogens is 2. The molecule has 1 heterocycles. The van der Waals surface area contributed by atoms with Crippen LogP contribution in [0.3, 0.4) is 0 Å². The Morgan fingerprint density at radius 1 is 1.27 bits per heavy atom. The van der Waals surface area contributed by atoms with Crippen LogP contribution in [0, 0.1) is 5.92 Å². The van der Waals surface area contributed by atoms with Gasteiger partial charge in [0, 0.05) is 6.04 Å². The molecule has 15 heavy (non-hydrogen) atoms. The quantitative estimate of drug-likeness (QED) is 0.808. The van der Waals surface area contributed by atoms with E-state index < -0.39 is 0 Å². The van der Waals surface area contributed by atoms with E-state index in [9.17, 15) is 0 Å². The van der Waals surface area contributed by atoms with Crippen molar-refractivity contribution in [3.63, 3.8) is 0 Å². The predicted octanol–water partition coefficient (Wildman–Crippen LogP) is 2.33. The SMILES string of the molecule is COc1cnc(NC(C)CC(C)C)nc1. The molecule has 0 radical (unpaired) electrons. The van der Waals surface area contributed by atoms with Gasteiger partial charge >= 0.3 is 0 Å². The lowest BCUT2D eigenvalue weighted by atomic mass is 10.1. The highest BCUT2D eigenvalue weighted by Gasteiger charge is 2.06. The van der Waals surface area contributed by atoms with Crippen molar-refractivity contribution in [1.29, 1.82) is 0 Å². The smallest absolute Gasteiger partial charge is 0.223 e. The third kappa shape index (κ3) is 4.14. The number of methoxy groups -OCH3 is 1. The van der Waals surface area contributed by atoms with Gasteiger partial charge < -0.3 is 10.1 Å². The zero-order valence-corrected chi connectivity index (χ0v) is 9.82. The summed E-state index contributed by atoms with van der Waals surface area (Å²) in [4.78, 5) is 8.30. The highest BCUT2D eigenvalue weighted by Crippen LogP contribution is 2.11. The monoisotopic (exact) mass is 209 g/mol. The number of nitrogens with one attached hydrogen (secondary N) is 1. The lowest BCUT2D eigenvalue weighted by molar-refractivity contribution is 0.410. The minimum atomic E-state index is 0.387. The standard InChI is InChI=1S/C11H19N3O/c1-8(2)5-9(3)14-11-12-6-10(15-4)7-13-11/h6-9H,5H2,1-4H3,(H,12,13,14). The highest BCUT2D eigenvalue weighted by molar-refractivity contribution is 5.27. The molecule has 1 rings (SSSR count). The van der Waals surface area contributed by atoms with E-state index in [-0.39, 0.29) is 0 Å². The summed E-state index contributed by atoms with van der Waals surface area (Å²) in [6.07, 6.45) is 4.43. The lowest BCUT2D eigenvalue weighted by Gasteiger charge is -2.15. The van der Waals surface area contributed by atoms with Gasteiger partial charge in [-0.3, -0.25) is 0 Å². The molecular formula is C11H19N3O. The van der Waals surface area contributed by atoms with E-state index in [4.69, 9.17) is 4.74 Å². The highest BCUT2D eigenvalue weighted by atomic mass is 16.5. The first-order chi connectivity index (χ1) is 7.11. The van der Waals surface area contributed by atoms with E-state index in [2.05, 4.69) is 36.1 Å². The van der Waals surface area contributed by atoms with Crippen LogP contribution in [-0.4, -0.2) is 23.1 Å². The van der Waals surface area contributed by atoms with Gasteiger partial charge in [0.25, 0.3) is 0 Å². The first kappa shape index (κ1) is 11.8. The molecule has 0 aromatic carbocycles. The molecule has 1 atom stereocenters. The Bertz CT molecular complexity index is 284. The van der Waals surface area contributed by atoms with Gasteiger partial charge in [0.05, 0.1) is 19.5 Å². The van der Waals surface area contributed by atoms with Crippen molar-refractivity contribution in [3.05, 3.63) is 12.4 Å². The number of anilines is 1. The van der Waals surface area contributed by atoms with Crippen LogP contribution >= 0.6 is 0 Å². The van der Waals surface area contributed by atoms with Gasteiger partial charge in [-0.1, -0.05) is 13.8 Å². The van der Waals surface area contributed by atoms with Gasteiger partial charge in [-0.2, -0.15) is 0 Å². The van der Waals surface area contributed by atoms with Crippen molar-refractivity contribution in [2.75, 3.05) is 12.4 Å². The van der Waals surface area contributed by atoms with Crippen LogP contribution in [0.5, 0.6) is 5.75 Å². The molecule has 0 fully saturated rings. The minimum Gasteiger partial charge on any atom is -0.494 e. The molecule has 1 N–H and O–H groups in total. The van der Waals surface area contributed by atoms with Crippen LogP contribution in [0.1, 0.15) is 27.2 Å². The average Bonchev–Trinajstić information content (AvgIpc) is 2.17. The molecule has 84 valence electrons. The van der Waals surface area contributed by atoms with Crippen LogP contribution in [0.15, 0.2) is 12.4 Å². The number of hydrogen-bond donors (Lipinski definition) is 1.